The highest BCUT2D eigenvalue weighted by atomic mass is 16.5. The van der Waals surface area contributed by atoms with E-state index in [1.165, 1.54) is 4.58 Å². The molecule has 14 heteroatoms. The molecule has 3 amide bonds. The fourth-order valence-electron chi connectivity index (χ4n) is 6.48. The van der Waals surface area contributed by atoms with Crippen molar-refractivity contribution in [3.8, 4) is 5.75 Å². The van der Waals surface area contributed by atoms with Gasteiger partial charge < -0.3 is 31.7 Å². The van der Waals surface area contributed by atoms with Crippen LogP contribution in [0, 0.1) is 0 Å². The molecule has 5 rings (SSSR count). The molecule has 2 fully saturated rings. The van der Waals surface area contributed by atoms with Crippen LogP contribution in [0.2, 0.25) is 0 Å². The maximum Gasteiger partial charge on any atom is 0.346 e. The normalized spacial score (nSPS) is 28.7. The average Bonchev–Trinajstić information content (AvgIpc) is 3.45. The molecule has 14 nitrogen and oxygen atoms in total. The molecule has 0 radical (unpaired) electrons. The third kappa shape index (κ3) is 4.35. The molecule has 42 heavy (non-hydrogen) atoms. The van der Waals surface area contributed by atoms with Crippen molar-refractivity contribution in [2.24, 2.45) is 16.5 Å². The zero-order valence-electron chi connectivity index (χ0n) is 24.8. The number of benzene rings is 1. The van der Waals surface area contributed by atoms with Gasteiger partial charge in [0.05, 0.1) is 13.1 Å². The molecule has 1 aromatic rings. The highest BCUT2D eigenvalue weighted by Gasteiger charge is 2.75. The Morgan fingerprint density at radius 1 is 1.10 bits per heavy atom. The van der Waals surface area contributed by atoms with E-state index in [4.69, 9.17) is 11.5 Å². The Balaban J connectivity index is 1.50. The van der Waals surface area contributed by atoms with Crippen molar-refractivity contribution in [1.82, 2.24) is 20.9 Å². The number of carbonyl (C=O) groups is 3. The predicted octanol–water partition coefficient (Wildman–Crippen LogP) is -1.79. The summed E-state index contributed by atoms with van der Waals surface area (Å²) in [4.78, 5) is 43.9. The van der Waals surface area contributed by atoms with E-state index in [0.717, 1.165) is 4.90 Å². The third-order valence-corrected chi connectivity index (χ3v) is 8.70. The molecular weight excluding hydrogens is 544 g/mol. The number of nitrogens with two attached hydrogens (primary N) is 2. The first-order chi connectivity index (χ1) is 19.3. The molecule has 4 atom stereocenters. The van der Waals surface area contributed by atoms with Gasteiger partial charge in [-0.3, -0.25) is 30.3 Å². The van der Waals surface area contributed by atoms with Gasteiger partial charge in [0.2, 0.25) is 23.3 Å². The van der Waals surface area contributed by atoms with Crippen LogP contribution in [0.3, 0.4) is 0 Å². The zero-order valence-corrected chi connectivity index (χ0v) is 24.8. The largest absolute Gasteiger partial charge is 0.507 e. The average molecular weight is 586 g/mol. The quantitative estimate of drug-likeness (QED) is 0.113. The van der Waals surface area contributed by atoms with E-state index in [-0.39, 0.29) is 61.0 Å². The minimum atomic E-state index is -2.67. The van der Waals surface area contributed by atoms with Crippen molar-refractivity contribution in [3.63, 3.8) is 0 Å². The van der Waals surface area contributed by atoms with Crippen molar-refractivity contribution in [1.29, 1.82) is 0 Å². The number of hydrogen-bond acceptors (Lipinski definition) is 11. The Hall–Kier alpha value is -3.91. The summed E-state index contributed by atoms with van der Waals surface area (Å²) in [7, 11) is 0. The van der Waals surface area contributed by atoms with Gasteiger partial charge in [-0.15, -0.1) is 0 Å². The number of carbonyl (C=O) groups excluding carboxylic acids is 3. The fraction of sp³-hybridized carbons (Fsp3) is 0.607. The van der Waals surface area contributed by atoms with Gasteiger partial charge in [0.25, 0.3) is 5.91 Å². The Morgan fingerprint density at radius 2 is 1.64 bits per heavy atom. The highest BCUT2D eigenvalue weighted by molar-refractivity contribution is 6.02. The van der Waals surface area contributed by atoms with Crippen LogP contribution in [0.25, 0.3) is 0 Å². The third-order valence-electron chi connectivity index (χ3n) is 8.70. The number of imide groups is 1. The minimum absolute atomic E-state index is 0.0339. The molecule has 1 unspecified atom stereocenters. The van der Waals surface area contributed by atoms with Crippen LogP contribution in [-0.2, 0) is 20.4 Å². The number of hydrogen-bond donors (Lipinski definition) is 8. The summed E-state index contributed by atoms with van der Waals surface area (Å²) in [5.41, 5.74) is 11.1. The predicted molar refractivity (Wildman–Crippen MR) is 152 cm³/mol. The molecular formula is C28H41N8O6+. The number of aromatic hydroxyl groups is 1. The van der Waals surface area contributed by atoms with Gasteiger partial charge in [0, 0.05) is 29.5 Å². The van der Waals surface area contributed by atoms with Gasteiger partial charge >= 0.3 is 5.96 Å². The van der Waals surface area contributed by atoms with Crippen LogP contribution in [0.1, 0.15) is 75.9 Å². The van der Waals surface area contributed by atoms with E-state index >= 15 is 0 Å². The topological polar surface area (TPSA) is 219 Å². The maximum atomic E-state index is 13.7. The first kappa shape index (κ1) is 29.6. The van der Waals surface area contributed by atoms with E-state index in [9.17, 15) is 29.7 Å². The van der Waals surface area contributed by atoms with E-state index < -0.39 is 46.3 Å². The number of nitrogens with zero attached hydrogens (tertiary/aromatic N) is 3. The van der Waals surface area contributed by atoms with Gasteiger partial charge in [0.15, 0.2) is 5.96 Å². The molecule has 2 saturated heterocycles. The van der Waals surface area contributed by atoms with Crippen LogP contribution < -0.4 is 27.4 Å². The van der Waals surface area contributed by atoms with Crippen molar-refractivity contribution in [2.75, 3.05) is 13.1 Å². The summed E-state index contributed by atoms with van der Waals surface area (Å²) in [5.74, 6) is -3.87. The van der Waals surface area contributed by atoms with E-state index in [0.29, 0.717) is 11.1 Å². The SMILES string of the molecule is CC(C)(C)c1cc(C(=O)NC2C[N+]3=C(N)N[C@@H](CN4C(=O)CCC4=O)[C@@H]4N=C(N)N[C@@]43C2(O)O)cc(C(C)(C)C)c1O. The van der Waals surface area contributed by atoms with Crippen LogP contribution in [0.4, 0.5) is 0 Å². The molecule has 0 aromatic heterocycles. The first-order valence-electron chi connectivity index (χ1n) is 14.0. The fourth-order valence-corrected chi connectivity index (χ4v) is 6.48. The Bertz CT molecular complexity index is 1390. The Labute approximate surface area is 243 Å². The van der Waals surface area contributed by atoms with E-state index in [1.807, 2.05) is 41.5 Å². The number of rotatable bonds is 4. The Kier molecular flexibility index (Phi) is 6.55. The molecule has 4 aliphatic rings. The molecule has 228 valence electrons. The summed E-state index contributed by atoms with van der Waals surface area (Å²) < 4.78 is 1.45. The molecule has 1 aromatic carbocycles. The number of phenolic OH excluding ortho intramolecular Hbond substituents is 1. The summed E-state index contributed by atoms with van der Waals surface area (Å²) in [6, 6.07) is 0.139. The smallest absolute Gasteiger partial charge is 0.346 e. The minimum Gasteiger partial charge on any atom is -0.507 e. The summed E-state index contributed by atoms with van der Waals surface area (Å²) >= 11 is 0. The van der Waals surface area contributed by atoms with Gasteiger partial charge in [-0.2, -0.15) is 0 Å². The molecule has 10 N–H and O–H groups in total. The number of aliphatic hydroxyl groups is 2. The lowest BCUT2D eigenvalue weighted by Crippen LogP contribution is -2.79. The summed E-state index contributed by atoms with van der Waals surface area (Å²) in [5, 5.41) is 43.3. The van der Waals surface area contributed by atoms with Crippen LogP contribution in [0.15, 0.2) is 17.1 Å². The number of nitrogens with one attached hydrogen (secondary N) is 3. The number of guanidine groups is 2. The summed E-state index contributed by atoms with van der Waals surface area (Å²) in [6.07, 6.45) is 0.193. The molecule has 0 aliphatic carbocycles. The molecule has 1 spiro atoms. The summed E-state index contributed by atoms with van der Waals surface area (Å²) in [6.45, 7) is 11.3. The van der Waals surface area contributed by atoms with E-state index in [1.54, 1.807) is 12.1 Å². The number of likely N-dealkylation sites (tertiary alicyclic amines) is 1. The van der Waals surface area contributed by atoms with E-state index in [2.05, 4.69) is 20.9 Å². The second-order valence-electron chi connectivity index (χ2n) is 13.7. The van der Waals surface area contributed by atoms with Gasteiger partial charge in [-0.05, 0) is 23.0 Å². The Morgan fingerprint density at radius 3 is 2.17 bits per heavy atom. The van der Waals surface area contributed by atoms with Gasteiger partial charge in [-0.25, -0.2) is 9.57 Å². The number of aliphatic imine (C=N–C) groups is 1. The lowest BCUT2D eigenvalue weighted by Gasteiger charge is -2.44. The second kappa shape index (κ2) is 9.30. The number of phenols is 1. The first-order valence-corrected chi connectivity index (χ1v) is 14.0. The van der Waals surface area contributed by atoms with Crippen LogP contribution in [-0.4, -0.2) is 97.1 Å². The van der Waals surface area contributed by atoms with Crippen LogP contribution >= 0.6 is 0 Å². The van der Waals surface area contributed by atoms with Crippen molar-refractivity contribution >= 4 is 29.6 Å². The van der Waals surface area contributed by atoms with Crippen molar-refractivity contribution in [3.05, 3.63) is 28.8 Å². The van der Waals surface area contributed by atoms with Gasteiger partial charge in [0.1, 0.15) is 23.9 Å². The molecule has 0 saturated carbocycles. The zero-order chi connectivity index (χ0) is 31.2. The lowest BCUT2D eigenvalue weighted by molar-refractivity contribution is -0.623. The maximum absolute atomic E-state index is 13.7. The van der Waals surface area contributed by atoms with Crippen LogP contribution in [0.5, 0.6) is 5.75 Å². The van der Waals surface area contributed by atoms with Crippen molar-refractivity contribution < 1.29 is 34.3 Å². The monoisotopic (exact) mass is 585 g/mol. The molecule has 4 aliphatic heterocycles. The number of amides is 3. The standard InChI is InChI=1S/C28H40N8O6/c1-25(2,3)14-9-13(10-15(20(14)39)26(4,5)6)22(40)32-17-12-36-24(30)31-16(11-35-18(37)7-8-19(35)38)21-27(36,28(17,41)42)34-23(29)33-21/h9-10,16-17,21,41-42H,7-8,11-12H2,1-6H3,(H7,29,30,31,32,33,34,39,40)/p+1/t16-,17?,21-,27-/m0/s1. The van der Waals surface area contributed by atoms with Gasteiger partial charge in [-0.1, -0.05) is 41.5 Å². The highest BCUT2D eigenvalue weighted by Crippen LogP contribution is 2.43. The second-order valence-corrected chi connectivity index (χ2v) is 13.7. The van der Waals surface area contributed by atoms with Crippen molar-refractivity contribution in [2.45, 2.75) is 94.8 Å². The molecule has 4 heterocycles. The lowest BCUT2D eigenvalue weighted by atomic mass is 9.78. The molecule has 0 bridgehead atoms.